The Morgan fingerprint density at radius 3 is 2.24 bits per heavy atom. The molecule has 0 radical (unpaired) electrons. The van der Waals surface area contributed by atoms with Crippen molar-refractivity contribution in [3.8, 4) is 0 Å². The molecule has 1 aliphatic rings. The number of halogens is 5. The molecule has 42 heavy (non-hydrogen) atoms. The zero-order chi connectivity index (χ0) is 32.1. The fourth-order valence-electron chi connectivity index (χ4n) is 3.94. The maximum atomic E-state index is 13.1. The van der Waals surface area contributed by atoms with E-state index < -0.39 is 23.2 Å². The molecule has 0 saturated carbocycles. The van der Waals surface area contributed by atoms with Crippen molar-refractivity contribution >= 4 is 23.7 Å². The molecule has 1 heterocycles. The highest BCUT2D eigenvalue weighted by molar-refractivity contribution is 8.06. The van der Waals surface area contributed by atoms with Crippen LogP contribution >= 0.6 is 11.8 Å². The summed E-state index contributed by atoms with van der Waals surface area (Å²) in [4.78, 5) is 13.2. The number of rotatable bonds is 12. The molecule has 0 bridgehead atoms. The van der Waals surface area contributed by atoms with Crippen LogP contribution in [-0.2, 0) is 18.5 Å². The topological polar surface area (TPSA) is 40.0 Å². The number of benzene rings is 1. The largest absolute Gasteiger partial charge is 0.416 e. The molecule has 2 rings (SSSR count). The second kappa shape index (κ2) is 17.2. The number of aliphatic imine (C=N–C) groups is 2. The first-order chi connectivity index (χ1) is 19.6. The molecule has 1 aromatic carbocycles. The molecule has 4 nitrogen and oxygen atoms in total. The summed E-state index contributed by atoms with van der Waals surface area (Å²) >= 11 is 1.61. The predicted octanol–water partition coefficient (Wildman–Crippen LogP) is 8.95. The molecule has 1 aromatic rings. The van der Waals surface area contributed by atoms with Gasteiger partial charge in [0.25, 0.3) is 5.92 Å². The van der Waals surface area contributed by atoms with E-state index in [9.17, 15) is 22.0 Å². The van der Waals surface area contributed by atoms with E-state index in [0.29, 0.717) is 13.0 Å². The highest BCUT2D eigenvalue weighted by Gasteiger charge is 2.34. The van der Waals surface area contributed by atoms with Gasteiger partial charge in [0.05, 0.1) is 23.2 Å². The van der Waals surface area contributed by atoms with Gasteiger partial charge in [-0.1, -0.05) is 57.8 Å². The van der Waals surface area contributed by atoms with Gasteiger partial charge in [-0.15, -0.1) is 0 Å². The van der Waals surface area contributed by atoms with Gasteiger partial charge in [-0.3, -0.25) is 9.98 Å². The lowest BCUT2D eigenvalue weighted by molar-refractivity contribution is -0.137. The summed E-state index contributed by atoms with van der Waals surface area (Å²) in [7, 11) is 1.78. The predicted molar refractivity (Wildman–Crippen MR) is 169 cm³/mol. The highest BCUT2D eigenvalue weighted by Crippen LogP contribution is 2.36. The average molecular weight is 611 g/mol. The lowest BCUT2D eigenvalue weighted by Crippen LogP contribution is -2.31. The van der Waals surface area contributed by atoms with Gasteiger partial charge in [0, 0.05) is 43.2 Å². The zero-order valence-electron chi connectivity index (χ0n) is 25.6. The minimum atomic E-state index is -4.59. The van der Waals surface area contributed by atoms with Gasteiger partial charge < -0.3 is 10.2 Å². The van der Waals surface area contributed by atoms with Crippen LogP contribution in [0.1, 0.15) is 58.2 Å². The molecule has 0 amide bonds. The van der Waals surface area contributed by atoms with Crippen molar-refractivity contribution in [2.24, 2.45) is 9.98 Å². The van der Waals surface area contributed by atoms with Gasteiger partial charge in [0.15, 0.2) is 0 Å². The van der Waals surface area contributed by atoms with Crippen LogP contribution in [0.2, 0.25) is 0 Å². The number of thioether (sulfide) groups is 1. The molecule has 0 atom stereocenters. The average Bonchev–Trinajstić information content (AvgIpc) is 2.93. The maximum absolute atomic E-state index is 13.1. The lowest BCUT2D eigenvalue weighted by atomic mass is 9.97. The molecule has 1 aliphatic heterocycles. The van der Waals surface area contributed by atoms with Gasteiger partial charge in [-0.25, -0.2) is 8.78 Å². The van der Waals surface area contributed by atoms with Gasteiger partial charge in [0.2, 0.25) is 0 Å². The molecule has 1 N–H and O–H groups in total. The van der Waals surface area contributed by atoms with Gasteiger partial charge in [-0.05, 0) is 73.7 Å². The van der Waals surface area contributed by atoms with Crippen LogP contribution in [0.5, 0.6) is 0 Å². The third kappa shape index (κ3) is 12.1. The molecular formula is C32H43F5N4S. The van der Waals surface area contributed by atoms with Crippen molar-refractivity contribution in [1.82, 2.24) is 10.2 Å². The Kier molecular flexibility index (Phi) is 15.2. The Morgan fingerprint density at radius 2 is 1.76 bits per heavy atom. The second-order valence-electron chi connectivity index (χ2n) is 9.54. The normalized spacial score (nSPS) is 15.9. The molecule has 0 saturated heterocycles. The Balaban J connectivity index is 0.000000470. The van der Waals surface area contributed by atoms with E-state index in [1.54, 1.807) is 31.9 Å². The van der Waals surface area contributed by atoms with E-state index in [4.69, 9.17) is 0 Å². The number of aryl methyl sites for hydroxylation is 1. The van der Waals surface area contributed by atoms with E-state index in [2.05, 4.69) is 53.3 Å². The summed E-state index contributed by atoms with van der Waals surface area (Å²) in [5, 5.41) is 3.44. The molecule has 0 fully saturated rings. The standard InChI is InChI=1S/C21H32N4S.C11H11F5/c1-8-18-13-19(24-15-20(18)22-7)14-21(26-16(4)5)17(6)23-11-12-25(9-2)10-3;1-3-7-4-5-8(11(14,15)16)6-9(7)10(2,12)13/h8,13-15,23H,4,6,9-12H2,1-3,5,7H3;4-6H,3H2,1-2H3/b18-8-,21-14-,22-20?;. The first-order valence-corrected chi connectivity index (χ1v) is 14.6. The van der Waals surface area contributed by atoms with Crippen molar-refractivity contribution in [2.45, 2.75) is 60.1 Å². The summed E-state index contributed by atoms with van der Waals surface area (Å²) in [5.41, 5.74) is 2.41. The van der Waals surface area contributed by atoms with Crippen molar-refractivity contribution in [1.29, 1.82) is 0 Å². The fourth-order valence-corrected chi connectivity index (χ4v) is 4.69. The summed E-state index contributed by atoms with van der Waals surface area (Å²) in [6.45, 7) is 22.8. The first-order valence-electron chi connectivity index (χ1n) is 13.8. The van der Waals surface area contributed by atoms with E-state index in [1.165, 1.54) is 0 Å². The van der Waals surface area contributed by atoms with Crippen LogP contribution in [0, 0.1) is 0 Å². The molecule has 10 heteroatoms. The maximum Gasteiger partial charge on any atom is 0.416 e. The summed E-state index contributed by atoms with van der Waals surface area (Å²) in [6, 6.07) is 2.46. The smallest absolute Gasteiger partial charge is 0.383 e. The SMILES string of the molecule is C=C(C)S/C(=C\C1=CC(=C/C)/C(=NC)C=N1)C(=C)NCCN(CC)CC.CCc1ccc(C(F)(F)F)cc1C(C)(F)F. The van der Waals surface area contributed by atoms with Crippen LogP contribution in [0.3, 0.4) is 0 Å². The number of hydrogen-bond donors (Lipinski definition) is 1. The Morgan fingerprint density at radius 1 is 1.12 bits per heavy atom. The second-order valence-corrected chi connectivity index (χ2v) is 10.9. The fraction of sp³-hybridized carbons (Fsp3) is 0.438. The van der Waals surface area contributed by atoms with Gasteiger partial charge in [-0.2, -0.15) is 13.2 Å². The van der Waals surface area contributed by atoms with Crippen molar-refractivity contribution in [3.05, 3.63) is 93.1 Å². The zero-order valence-corrected chi connectivity index (χ0v) is 26.4. The number of alkyl halides is 5. The molecule has 0 spiro atoms. The van der Waals surface area contributed by atoms with Crippen molar-refractivity contribution < 1.29 is 22.0 Å². The lowest BCUT2D eigenvalue weighted by Gasteiger charge is -2.20. The van der Waals surface area contributed by atoms with Gasteiger partial charge in [0.1, 0.15) is 0 Å². The number of hydrogen-bond acceptors (Lipinski definition) is 5. The highest BCUT2D eigenvalue weighted by atomic mass is 32.2. The number of nitrogens with zero attached hydrogens (tertiary/aromatic N) is 3. The van der Waals surface area contributed by atoms with Crippen LogP contribution in [0.25, 0.3) is 0 Å². The Hall–Kier alpha value is -2.98. The van der Waals surface area contributed by atoms with E-state index >= 15 is 0 Å². The van der Waals surface area contributed by atoms with Crippen molar-refractivity contribution in [2.75, 3.05) is 33.2 Å². The van der Waals surface area contributed by atoms with Crippen LogP contribution < -0.4 is 5.32 Å². The van der Waals surface area contributed by atoms with Crippen LogP contribution in [0.15, 0.2) is 86.3 Å². The minimum Gasteiger partial charge on any atom is -0.383 e. The first kappa shape index (κ1) is 37.0. The Bertz CT molecular complexity index is 1230. The van der Waals surface area contributed by atoms with Crippen LogP contribution in [0.4, 0.5) is 22.0 Å². The molecule has 0 unspecified atom stereocenters. The van der Waals surface area contributed by atoms with Crippen LogP contribution in [-0.4, -0.2) is 50.1 Å². The van der Waals surface area contributed by atoms with E-state index in [1.807, 2.05) is 26.0 Å². The third-order valence-corrected chi connectivity index (χ3v) is 7.23. The molecule has 0 aliphatic carbocycles. The minimum absolute atomic E-state index is 0.237. The molecule has 232 valence electrons. The van der Waals surface area contributed by atoms with Crippen molar-refractivity contribution in [3.63, 3.8) is 0 Å². The number of allylic oxidation sites excluding steroid dienone is 5. The molecular weight excluding hydrogens is 567 g/mol. The summed E-state index contributed by atoms with van der Waals surface area (Å²) < 4.78 is 63.2. The Labute approximate surface area is 252 Å². The third-order valence-electron chi connectivity index (χ3n) is 6.30. The quantitative estimate of drug-likeness (QED) is 0.190. The molecule has 0 aromatic heterocycles. The van der Waals surface area contributed by atoms with Gasteiger partial charge >= 0.3 is 6.18 Å². The monoisotopic (exact) mass is 610 g/mol. The van der Waals surface area contributed by atoms with E-state index in [0.717, 1.165) is 70.8 Å². The summed E-state index contributed by atoms with van der Waals surface area (Å²) in [5.74, 6) is -3.26. The van der Waals surface area contributed by atoms with E-state index in [-0.39, 0.29) is 12.0 Å². The number of likely N-dealkylation sites (N-methyl/N-ethyl adjacent to an activating group) is 1. The number of nitrogens with one attached hydrogen (secondary N) is 1. The summed E-state index contributed by atoms with van der Waals surface area (Å²) in [6.07, 6.45) is 3.64.